The number of anilines is 1. The van der Waals surface area contributed by atoms with Crippen molar-refractivity contribution in [2.45, 2.75) is 51.0 Å². The second kappa shape index (κ2) is 7.32. The molecular formula is C18H18BrF4NO3. The molecule has 1 fully saturated rings. The van der Waals surface area contributed by atoms with Crippen LogP contribution in [-0.4, -0.2) is 23.0 Å². The summed E-state index contributed by atoms with van der Waals surface area (Å²) in [5, 5.41) is 12.5. The van der Waals surface area contributed by atoms with E-state index in [-0.39, 0.29) is 10.4 Å². The number of halogens is 5. The van der Waals surface area contributed by atoms with E-state index >= 15 is 0 Å². The predicted octanol–water partition coefficient (Wildman–Crippen LogP) is 5.10. The normalized spacial score (nSPS) is 16.8. The number of nitrogens with one attached hydrogen (secondary N) is 1. The Balaban J connectivity index is 2.54. The fourth-order valence-corrected chi connectivity index (χ4v) is 2.43. The van der Waals surface area contributed by atoms with E-state index in [1.165, 1.54) is 0 Å². The first-order chi connectivity index (χ1) is 12.2. The van der Waals surface area contributed by atoms with Crippen molar-refractivity contribution in [2.24, 2.45) is 5.92 Å². The fraction of sp³-hybridized carbons (Fsp3) is 0.500. The summed E-state index contributed by atoms with van der Waals surface area (Å²) in [5.74, 6) is 2.91. The lowest BCUT2D eigenvalue weighted by Gasteiger charge is -2.28. The van der Waals surface area contributed by atoms with Gasteiger partial charge in [0.05, 0.1) is 10.2 Å². The fourth-order valence-electron chi connectivity index (χ4n) is 2.09. The highest BCUT2D eigenvalue weighted by Gasteiger charge is 2.56. The zero-order valence-corrected chi connectivity index (χ0v) is 16.4. The number of amides is 1. The quantitative estimate of drug-likeness (QED) is 0.485. The molecule has 1 aliphatic carbocycles. The van der Waals surface area contributed by atoms with Crippen molar-refractivity contribution in [3.05, 3.63) is 28.0 Å². The summed E-state index contributed by atoms with van der Waals surface area (Å²) in [6, 6.07) is 1.41. The highest BCUT2D eigenvalue weighted by Crippen LogP contribution is 2.43. The molecule has 0 aliphatic heterocycles. The Morgan fingerprint density at radius 1 is 1.30 bits per heavy atom. The zero-order chi connectivity index (χ0) is 20.6. The van der Waals surface area contributed by atoms with Gasteiger partial charge in [-0.05, 0) is 61.7 Å². The van der Waals surface area contributed by atoms with E-state index in [0.717, 1.165) is 6.07 Å². The average Bonchev–Trinajstić information content (AvgIpc) is 3.29. The smallest absolute Gasteiger partial charge is 0.433 e. The van der Waals surface area contributed by atoms with Crippen molar-refractivity contribution < 1.29 is 32.2 Å². The Hall–Kier alpha value is -1.79. The van der Waals surface area contributed by atoms with Crippen molar-refractivity contribution in [3.8, 4) is 11.8 Å². The van der Waals surface area contributed by atoms with Crippen LogP contribution in [0.4, 0.5) is 28.0 Å². The molecule has 1 atom stereocenters. The van der Waals surface area contributed by atoms with Gasteiger partial charge in [-0.1, -0.05) is 11.8 Å². The summed E-state index contributed by atoms with van der Waals surface area (Å²) in [7, 11) is 0. The molecule has 1 aromatic rings. The van der Waals surface area contributed by atoms with Gasteiger partial charge in [0.1, 0.15) is 11.4 Å². The predicted molar refractivity (Wildman–Crippen MR) is 94.4 cm³/mol. The standard InChI is InChI=1S/C18H18BrF4NO3/c1-16(2,3)27-15(25)24-14-9-12(19)13(20)8-11(14)17(26,18(21,22)23)7-6-10-4-5-10/h8-10,26H,4-5H2,1-3H3,(H,24,25). The van der Waals surface area contributed by atoms with Crippen LogP contribution in [0, 0.1) is 23.6 Å². The first-order valence-corrected chi connectivity index (χ1v) is 8.83. The first kappa shape index (κ1) is 21.5. The van der Waals surface area contributed by atoms with Gasteiger partial charge in [0.25, 0.3) is 0 Å². The van der Waals surface area contributed by atoms with E-state index < -0.39 is 40.5 Å². The molecule has 1 aromatic carbocycles. The Labute approximate surface area is 162 Å². The van der Waals surface area contributed by atoms with Gasteiger partial charge in [-0.2, -0.15) is 13.2 Å². The Morgan fingerprint density at radius 3 is 2.37 bits per heavy atom. The van der Waals surface area contributed by atoms with Crippen molar-refractivity contribution in [1.82, 2.24) is 0 Å². The molecule has 2 N–H and O–H groups in total. The maximum Gasteiger partial charge on any atom is 0.433 e. The largest absolute Gasteiger partial charge is 0.444 e. The lowest BCUT2D eigenvalue weighted by molar-refractivity contribution is -0.240. The lowest BCUT2D eigenvalue weighted by Crippen LogP contribution is -2.42. The molecule has 0 radical (unpaired) electrons. The van der Waals surface area contributed by atoms with Crippen LogP contribution in [0.15, 0.2) is 16.6 Å². The molecule has 27 heavy (non-hydrogen) atoms. The van der Waals surface area contributed by atoms with Gasteiger partial charge in [-0.25, -0.2) is 9.18 Å². The Kier molecular flexibility index (Phi) is 5.83. The van der Waals surface area contributed by atoms with E-state index in [1.54, 1.807) is 20.8 Å². The number of aliphatic hydroxyl groups is 1. The van der Waals surface area contributed by atoms with Crippen LogP contribution in [0.5, 0.6) is 0 Å². The third-order valence-electron chi connectivity index (χ3n) is 3.53. The molecule has 4 nitrogen and oxygen atoms in total. The number of alkyl halides is 3. The molecule has 0 bridgehead atoms. The molecule has 148 valence electrons. The van der Waals surface area contributed by atoms with Crippen LogP contribution >= 0.6 is 15.9 Å². The van der Waals surface area contributed by atoms with Gasteiger partial charge in [0, 0.05) is 11.5 Å². The van der Waals surface area contributed by atoms with Crippen molar-refractivity contribution in [1.29, 1.82) is 0 Å². The van der Waals surface area contributed by atoms with E-state index in [2.05, 4.69) is 27.2 Å². The van der Waals surface area contributed by atoms with Gasteiger partial charge in [-0.3, -0.25) is 5.32 Å². The van der Waals surface area contributed by atoms with E-state index in [0.29, 0.717) is 18.9 Å². The summed E-state index contributed by atoms with van der Waals surface area (Å²) in [5.41, 5.74) is -5.95. The Morgan fingerprint density at radius 2 is 1.89 bits per heavy atom. The zero-order valence-electron chi connectivity index (χ0n) is 14.8. The molecule has 0 aromatic heterocycles. The first-order valence-electron chi connectivity index (χ1n) is 8.04. The summed E-state index contributed by atoms with van der Waals surface area (Å²) in [6.07, 6.45) is -5.00. The molecule has 0 heterocycles. The van der Waals surface area contributed by atoms with Crippen LogP contribution < -0.4 is 5.32 Å². The number of rotatable bonds is 2. The topological polar surface area (TPSA) is 58.6 Å². The molecule has 1 amide bonds. The molecule has 2 rings (SSSR count). The summed E-state index contributed by atoms with van der Waals surface area (Å²) in [4.78, 5) is 12.0. The molecule has 0 spiro atoms. The van der Waals surface area contributed by atoms with Gasteiger partial charge >= 0.3 is 12.3 Å². The van der Waals surface area contributed by atoms with E-state index in [9.17, 15) is 27.5 Å². The van der Waals surface area contributed by atoms with Crippen molar-refractivity contribution in [3.63, 3.8) is 0 Å². The average molecular weight is 452 g/mol. The molecular weight excluding hydrogens is 434 g/mol. The third kappa shape index (κ3) is 5.36. The van der Waals surface area contributed by atoms with Crippen LogP contribution in [0.3, 0.4) is 0 Å². The third-order valence-corrected chi connectivity index (χ3v) is 4.14. The van der Waals surface area contributed by atoms with E-state index in [1.807, 2.05) is 5.92 Å². The number of benzene rings is 1. The highest BCUT2D eigenvalue weighted by atomic mass is 79.9. The Bertz CT molecular complexity index is 804. The number of hydrogen-bond acceptors (Lipinski definition) is 3. The molecule has 1 unspecified atom stereocenters. The maximum atomic E-state index is 14.0. The van der Waals surface area contributed by atoms with E-state index in [4.69, 9.17) is 4.74 Å². The van der Waals surface area contributed by atoms with Gasteiger partial charge in [0.2, 0.25) is 5.60 Å². The minimum Gasteiger partial charge on any atom is -0.444 e. The van der Waals surface area contributed by atoms with Crippen LogP contribution in [0.2, 0.25) is 0 Å². The SMILES string of the molecule is CC(C)(C)OC(=O)Nc1cc(Br)c(F)cc1C(O)(C#CC1CC1)C(F)(F)F. The molecule has 1 saturated carbocycles. The second-order valence-electron chi connectivity index (χ2n) is 7.19. The monoisotopic (exact) mass is 451 g/mol. The number of ether oxygens (including phenoxy) is 1. The number of carbonyl (C=O) groups excluding carboxylic acids is 1. The number of hydrogen-bond donors (Lipinski definition) is 2. The highest BCUT2D eigenvalue weighted by molar-refractivity contribution is 9.10. The summed E-state index contributed by atoms with van der Waals surface area (Å²) >= 11 is 2.85. The van der Waals surface area contributed by atoms with Crippen LogP contribution in [-0.2, 0) is 10.3 Å². The van der Waals surface area contributed by atoms with Crippen LogP contribution in [0.1, 0.15) is 39.2 Å². The molecule has 0 saturated heterocycles. The maximum absolute atomic E-state index is 14.0. The minimum absolute atomic E-state index is 0.197. The van der Waals surface area contributed by atoms with Crippen LogP contribution in [0.25, 0.3) is 0 Å². The summed E-state index contributed by atoms with van der Waals surface area (Å²) < 4.78 is 59.8. The molecule has 9 heteroatoms. The lowest BCUT2D eigenvalue weighted by atomic mass is 9.91. The molecule has 1 aliphatic rings. The van der Waals surface area contributed by atoms with Crippen molar-refractivity contribution >= 4 is 27.7 Å². The number of carbonyl (C=O) groups is 1. The summed E-state index contributed by atoms with van der Waals surface area (Å²) in [6.45, 7) is 4.71. The minimum atomic E-state index is -5.22. The van der Waals surface area contributed by atoms with Crippen molar-refractivity contribution in [2.75, 3.05) is 5.32 Å². The van der Waals surface area contributed by atoms with Gasteiger partial charge in [0.15, 0.2) is 0 Å². The van der Waals surface area contributed by atoms with Gasteiger partial charge < -0.3 is 9.84 Å². The second-order valence-corrected chi connectivity index (χ2v) is 8.04. The van der Waals surface area contributed by atoms with Gasteiger partial charge in [-0.15, -0.1) is 0 Å².